The van der Waals surface area contributed by atoms with Crippen molar-refractivity contribution in [2.75, 3.05) is 11.1 Å². The van der Waals surface area contributed by atoms with Crippen molar-refractivity contribution in [1.82, 2.24) is 9.97 Å². The first-order valence-corrected chi connectivity index (χ1v) is 13.6. The number of nitrogen functional groups attached to an aromatic ring is 1. The lowest BCUT2D eigenvalue weighted by Crippen LogP contribution is -2.29. The predicted octanol–water partition coefficient (Wildman–Crippen LogP) is 7.03. The number of nitrogens with two attached hydrogens (primary N) is 1. The number of imidazole rings is 1. The zero-order chi connectivity index (χ0) is 28.0. The maximum atomic E-state index is 13.4. The fraction of sp³-hybridized carbons (Fsp3) is 0.206. The van der Waals surface area contributed by atoms with E-state index in [-0.39, 0.29) is 11.7 Å². The van der Waals surface area contributed by atoms with Gasteiger partial charge in [0.2, 0.25) is 0 Å². The Hall–Kier alpha value is -4.71. The lowest BCUT2D eigenvalue weighted by atomic mass is 9.75. The largest absolute Gasteiger partial charge is 0.399 e. The molecule has 0 saturated heterocycles. The maximum Gasteiger partial charge on any atom is 0.255 e. The van der Waals surface area contributed by atoms with Gasteiger partial charge in [-0.25, -0.2) is 4.98 Å². The second-order valence-corrected chi connectivity index (χ2v) is 11.3. The molecule has 200 valence electrons. The molecule has 2 aliphatic rings. The SMILES string of the molecule is C=C(Cc1ccc(-c2nc3ccc(NC(=O)c4ccc(N)cc4)cc3[nH]2)cc1)C(=O)C1(C)C=C2CC2=C[C@H](C)C1. The molecule has 1 saturated carbocycles. The molecule has 4 aromatic rings. The van der Waals surface area contributed by atoms with Crippen molar-refractivity contribution < 1.29 is 9.59 Å². The van der Waals surface area contributed by atoms with Crippen molar-refractivity contribution in [2.45, 2.75) is 33.1 Å². The van der Waals surface area contributed by atoms with Crippen molar-refractivity contribution in [1.29, 1.82) is 0 Å². The summed E-state index contributed by atoms with van der Waals surface area (Å²) < 4.78 is 0. The highest BCUT2D eigenvalue weighted by atomic mass is 16.1. The van der Waals surface area contributed by atoms with Gasteiger partial charge in [-0.15, -0.1) is 0 Å². The Kier molecular flexibility index (Phi) is 6.26. The number of ketones is 1. The van der Waals surface area contributed by atoms with E-state index in [1.54, 1.807) is 24.3 Å². The number of H-pyrrole nitrogens is 1. The van der Waals surface area contributed by atoms with Crippen molar-refractivity contribution in [3.63, 3.8) is 0 Å². The van der Waals surface area contributed by atoms with Crippen LogP contribution in [0.3, 0.4) is 0 Å². The van der Waals surface area contributed by atoms with Crippen LogP contribution in [0.5, 0.6) is 0 Å². The van der Waals surface area contributed by atoms with Crippen LogP contribution in [0.25, 0.3) is 22.4 Å². The molecule has 1 unspecified atom stereocenters. The zero-order valence-electron chi connectivity index (χ0n) is 22.8. The van der Waals surface area contributed by atoms with E-state index in [1.807, 2.05) is 42.5 Å². The first-order valence-electron chi connectivity index (χ1n) is 13.6. The van der Waals surface area contributed by atoms with Gasteiger partial charge >= 0.3 is 0 Å². The Morgan fingerprint density at radius 1 is 1.07 bits per heavy atom. The molecule has 6 nitrogen and oxygen atoms in total. The van der Waals surface area contributed by atoms with Gasteiger partial charge < -0.3 is 16.0 Å². The number of carbonyl (C=O) groups is 2. The van der Waals surface area contributed by atoms with Crippen molar-refractivity contribution in [3.8, 4) is 11.4 Å². The van der Waals surface area contributed by atoms with Crippen LogP contribution in [0.1, 0.15) is 42.6 Å². The molecule has 1 amide bonds. The number of amides is 1. The molecule has 4 N–H and O–H groups in total. The van der Waals surface area contributed by atoms with Crippen molar-refractivity contribution in [3.05, 3.63) is 113 Å². The number of anilines is 2. The lowest BCUT2D eigenvalue weighted by Gasteiger charge is -2.27. The van der Waals surface area contributed by atoms with E-state index < -0.39 is 5.41 Å². The minimum atomic E-state index is -0.498. The summed E-state index contributed by atoms with van der Waals surface area (Å²) in [5.41, 5.74) is 14.0. The summed E-state index contributed by atoms with van der Waals surface area (Å²) in [5, 5.41) is 2.92. The Balaban J connectivity index is 1.13. The first kappa shape index (κ1) is 25.6. The number of nitrogens with zero attached hydrogens (tertiary/aromatic N) is 1. The summed E-state index contributed by atoms with van der Waals surface area (Å²) in [7, 11) is 0. The second-order valence-electron chi connectivity index (χ2n) is 11.3. The topological polar surface area (TPSA) is 101 Å². The molecular formula is C34H32N4O2. The number of rotatable bonds is 7. The molecule has 0 radical (unpaired) electrons. The molecule has 1 aromatic heterocycles. The molecule has 3 aromatic carbocycles. The molecule has 2 atom stereocenters. The summed E-state index contributed by atoms with van der Waals surface area (Å²) >= 11 is 0. The zero-order valence-corrected chi connectivity index (χ0v) is 22.8. The van der Waals surface area contributed by atoms with E-state index in [2.05, 4.69) is 42.9 Å². The highest BCUT2D eigenvalue weighted by molar-refractivity contribution is 6.05. The van der Waals surface area contributed by atoms with Crippen LogP contribution in [0.15, 0.2) is 102 Å². The Morgan fingerprint density at radius 3 is 2.58 bits per heavy atom. The van der Waals surface area contributed by atoms with E-state index in [0.717, 1.165) is 40.8 Å². The van der Waals surface area contributed by atoms with Gasteiger partial charge in [0.05, 0.1) is 11.0 Å². The summed E-state index contributed by atoms with van der Waals surface area (Å²) in [4.78, 5) is 34.1. The maximum absolute atomic E-state index is 13.4. The van der Waals surface area contributed by atoms with Crippen LogP contribution in [-0.2, 0) is 11.2 Å². The molecule has 0 aliphatic heterocycles. The highest BCUT2D eigenvalue weighted by Crippen LogP contribution is 2.47. The lowest BCUT2D eigenvalue weighted by molar-refractivity contribution is -0.122. The average Bonchev–Trinajstić information content (AvgIpc) is 3.51. The van der Waals surface area contributed by atoms with Gasteiger partial charge in [-0.3, -0.25) is 9.59 Å². The Bertz CT molecular complexity index is 1720. The normalized spacial score (nSPS) is 19.7. The van der Waals surface area contributed by atoms with Crippen LogP contribution >= 0.6 is 0 Å². The van der Waals surface area contributed by atoms with E-state index >= 15 is 0 Å². The van der Waals surface area contributed by atoms with Gasteiger partial charge in [-0.1, -0.05) is 49.9 Å². The highest BCUT2D eigenvalue weighted by Gasteiger charge is 2.39. The quantitative estimate of drug-likeness (QED) is 0.177. The fourth-order valence-corrected chi connectivity index (χ4v) is 5.72. The second kappa shape index (κ2) is 9.79. The molecule has 6 heteroatoms. The Labute approximate surface area is 233 Å². The minimum Gasteiger partial charge on any atom is -0.399 e. The molecule has 0 spiro atoms. The molecule has 1 fully saturated rings. The number of Topliss-reactive ketones (excluding diaryl/α,β-unsaturated/α-hetero) is 1. The van der Waals surface area contributed by atoms with Gasteiger partial charge in [0, 0.05) is 34.3 Å². The molecule has 1 heterocycles. The molecule has 40 heavy (non-hydrogen) atoms. The first-order chi connectivity index (χ1) is 19.2. The predicted molar refractivity (Wildman–Crippen MR) is 161 cm³/mol. The summed E-state index contributed by atoms with van der Waals surface area (Å²) in [6, 6.07) is 20.4. The average molecular weight is 529 g/mol. The number of benzene rings is 3. The van der Waals surface area contributed by atoms with E-state index in [4.69, 9.17) is 10.7 Å². The number of fused-ring (bicyclic) bond motifs is 2. The third-order valence-electron chi connectivity index (χ3n) is 7.79. The van der Waals surface area contributed by atoms with Gasteiger partial charge in [0.15, 0.2) is 5.78 Å². The third kappa shape index (κ3) is 5.13. The van der Waals surface area contributed by atoms with Gasteiger partial charge in [-0.2, -0.15) is 0 Å². The number of aromatic nitrogens is 2. The van der Waals surface area contributed by atoms with E-state index in [0.29, 0.717) is 34.9 Å². The number of aromatic amines is 1. The van der Waals surface area contributed by atoms with Crippen molar-refractivity contribution >= 4 is 34.1 Å². The van der Waals surface area contributed by atoms with E-state index in [1.165, 1.54) is 11.1 Å². The molecule has 6 rings (SSSR count). The van der Waals surface area contributed by atoms with Crippen molar-refractivity contribution in [2.24, 2.45) is 11.3 Å². The monoisotopic (exact) mass is 528 g/mol. The third-order valence-corrected chi connectivity index (χ3v) is 7.79. The van der Waals surface area contributed by atoms with Gasteiger partial charge in [0.1, 0.15) is 5.82 Å². The standard InChI is InChI=1S/C34H32N4O2/c1-20-14-25-16-26(25)19-34(3,18-20)31(39)21(2)15-22-4-6-23(7-5-22)32-37-29-13-12-28(17-30(29)38-32)36-33(40)24-8-10-27(35)11-9-24/h4-14,17,19-20H,2,15-16,18,35H2,1,3H3,(H,36,40)(H,37,38)/t20-,34?/m0/s1. The molecule has 2 aliphatic carbocycles. The number of allylic oxidation sites excluding steroid dienone is 5. The Morgan fingerprint density at radius 2 is 1.82 bits per heavy atom. The van der Waals surface area contributed by atoms with Gasteiger partial charge in [-0.05, 0) is 90.4 Å². The number of hydrogen-bond donors (Lipinski definition) is 3. The minimum absolute atomic E-state index is 0.133. The fourth-order valence-electron chi connectivity index (χ4n) is 5.72. The smallest absolute Gasteiger partial charge is 0.255 e. The number of hydrogen-bond acceptors (Lipinski definition) is 4. The summed E-state index contributed by atoms with van der Waals surface area (Å²) in [6.07, 6.45) is 6.83. The van der Waals surface area contributed by atoms with Crippen LogP contribution in [-0.4, -0.2) is 21.7 Å². The number of nitrogens with one attached hydrogen (secondary N) is 2. The van der Waals surface area contributed by atoms with Crippen LogP contribution in [0.4, 0.5) is 11.4 Å². The van der Waals surface area contributed by atoms with Gasteiger partial charge in [0.25, 0.3) is 5.91 Å². The number of carbonyl (C=O) groups excluding carboxylic acids is 2. The molecule has 0 bridgehead atoms. The van der Waals surface area contributed by atoms with Crippen LogP contribution in [0.2, 0.25) is 0 Å². The van der Waals surface area contributed by atoms with Crippen LogP contribution < -0.4 is 11.1 Å². The summed E-state index contributed by atoms with van der Waals surface area (Å²) in [5.74, 6) is 1.04. The van der Waals surface area contributed by atoms with E-state index in [9.17, 15) is 9.59 Å². The molecular weight excluding hydrogens is 496 g/mol. The van der Waals surface area contributed by atoms with Crippen LogP contribution in [0, 0.1) is 11.3 Å². The summed E-state index contributed by atoms with van der Waals surface area (Å²) in [6.45, 7) is 8.42.